The van der Waals surface area contributed by atoms with Gasteiger partial charge in [0.2, 0.25) is 20.0 Å². The van der Waals surface area contributed by atoms with Crippen molar-refractivity contribution in [3.8, 4) is 0 Å². The van der Waals surface area contributed by atoms with Crippen LogP contribution in [0.1, 0.15) is 77.5 Å². The molecule has 7 rings (SSSR count). The van der Waals surface area contributed by atoms with Crippen LogP contribution in [0.15, 0.2) is 149 Å². The van der Waals surface area contributed by atoms with Crippen LogP contribution in [-0.4, -0.2) is 133 Å². The third-order valence-electron chi connectivity index (χ3n) is 14.4. The summed E-state index contributed by atoms with van der Waals surface area (Å²) in [5.74, 6) is 0.205. The van der Waals surface area contributed by atoms with E-state index in [9.17, 15) is 26.7 Å². The van der Waals surface area contributed by atoms with E-state index in [1.54, 1.807) is 60.9 Å². The van der Waals surface area contributed by atoms with E-state index in [0.717, 1.165) is 37.2 Å². The van der Waals surface area contributed by atoms with Gasteiger partial charge < -0.3 is 41.0 Å². The molecule has 2 aliphatic rings. The van der Waals surface area contributed by atoms with Gasteiger partial charge in [-0.3, -0.25) is 4.90 Å². The van der Waals surface area contributed by atoms with E-state index in [1.807, 2.05) is 86.6 Å². The van der Waals surface area contributed by atoms with Gasteiger partial charge in [-0.25, -0.2) is 21.6 Å². The van der Waals surface area contributed by atoms with E-state index in [1.165, 1.54) is 15.4 Å². The van der Waals surface area contributed by atoms with E-state index in [2.05, 4.69) is 72.8 Å². The molecule has 2 aliphatic heterocycles. The minimum atomic E-state index is -4.12. The molecule has 2 fully saturated rings. The third kappa shape index (κ3) is 19.1. The maximum atomic E-state index is 14.6. The number of rotatable bonds is 28. The monoisotopic (exact) mass is 1130 g/mol. The highest BCUT2D eigenvalue weighted by Gasteiger charge is 2.44. The van der Waals surface area contributed by atoms with Gasteiger partial charge in [-0.2, -0.15) is 8.61 Å². The van der Waals surface area contributed by atoms with Gasteiger partial charge in [-0.1, -0.05) is 145 Å². The minimum Gasteiger partial charge on any atom is -0.443 e. The highest BCUT2D eigenvalue weighted by molar-refractivity contribution is 7.89. The maximum absolute atomic E-state index is 14.6. The summed E-state index contributed by atoms with van der Waals surface area (Å²) in [6.45, 7) is 16.7. The summed E-state index contributed by atoms with van der Waals surface area (Å²) in [6, 6.07) is 42.9. The Hall–Kier alpha value is -5.41. The first-order valence-corrected chi connectivity index (χ1v) is 30.5. The van der Waals surface area contributed by atoms with Crippen molar-refractivity contribution in [1.29, 1.82) is 0 Å². The minimum absolute atomic E-state index is 0.0502. The van der Waals surface area contributed by atoms with Crippen molar-refractivity contribution in [2.75, 3.05) is 77.2 Å². The van der Waals surface area contributed by atoms with Gasteiger partial charge in [0.05, 0.1) is 41.1 Å². The molecule has 5 atom stereocenters. The fourth-order valence-corrected chi connectivity index (χ4v) is 13.6. The first-order chi connectivity index (χ1) is 37.6. The number of fused-ring (bicyclic) bond motifs is 1. The molecule has 5 aromatic rings. The Balaban J connectivity index is 0.000000368. The normalized spacial score (nSPS) is 17.5. The standard InChI is InChI=1S/C44H56N4O7S.C17H31N3O2S/c1-44(2,23-24-47(28-34-16-9-5-10-17-34)29-35-18-11-6-12-19-35)32-48(56(51,52)37-21-13-20-36(27-37)45-3)30-40(49)39(26-33-14-7-4-8-15-33)46-43(50)55-41-31-54-42-38(41)22-25-53-42;1-14(2)12-20(13-17(3,4)9-10-18)23(21,22)16-8-6-7-15(11-16)19-5/h4-21,27,38-42,45,49H,22-26,28-32H2,1-3H3,(H,46,50);6-8,11,14,19H,9-10,12-13,18H2,1-5H3/t38?,39-,40?,41?,42?;/m0./s1. The number of carbonyl (C=O) groups excluding carboxylic acids is 1. The number of ether oxygens (including phenoxy) is 3. The Morgan fingerprint density at radius 1 is 0.696 bits per heavy atom. The van der Waals surface area contributed by atoms with Crippen LogP contribution in [0, 0.1) is 22.7 Å². The van der Waals surface area contributed by atoms with Crippen molar-refractivity contribution >= 4 is 37.5 Å². The van der Waals surface area contributed by atoms with Gasteiger partial charge in [0, 0.05) is 64.7 Å². The molecule has 16 nitrogen and oxygen atoms in total. The number of aliphatic hydroxyl groups is 1. The van der Waals surface area contributed by atoms with Gasteiger partial charge in [0.1, 0.15) is 6.10 Å². The number of nitrogens with two attached hydrogens (primary N) is 1. The quantitative estimate of drug-likeness (QED) is 0.0318. The Morgan fingerprint density at radius 2 is 1.19 bits per heavy atom. The number of alkyl carbamates (subject to hydrolysis) is 1. The fourth-order valence-electron chi connectivity index (χ4n) is 10.0. The summed E-state index contributed by atoms with van der Waals surface area (Å²) in [5.41, 5.74) is 9.72. The summed E-state index contributed by atoms with van der Waals surface area (Å²) in [4.78, 5) is 16.3. The molecule has 0 bridgehead atoms. The first kappa shape index (κ1) is 62.8. The molecule has 0 aliphatic carbocycles. The number of benzene rings is 5. The second kappa shape index (κ2) is 29.3. The number of sulfonamides is 2. The number of hydrogen-bond donors (Lipinski definition) is 5. The molecule has 18 heteroatoms. The van der Waals surface area contributed by atoms with Crippen LogP contribution in [0.2, 0.25) is 0 Å². The Labute approximate surface area is 471 Å². The summed E-state index contributed by atoms with van der Waals surface area (Å²) in [6.07, 6.45) is -0.384. The zero-order chi connectivity index (χ0) is 57.2. The molecule has 0 radical (unpaired) electrons. The van der Waals surface area contributed by atoms with E-state index in [-0.39, 0.29) is 54.6 Å². The second-order valence-electron chi connectivity index (χ2n) is 22.8. The molecule has 79 heavy (non-hydrogen) atoms. The molecular weight excluding hydrogens is 1040 g/mol. The zero-order valence-electron chi connectivity index (χ0n) is 47.6. The van der Waals surface area contributed by atoms with Crippen molar-refractivity contribution in [2.24, 2.45) is 28.4 Å². The molecule has 6 N–H and O–H groups in total. The third-order valence-corrected chi connectivity index (χ3v) is 18.0. The SMILES string of the molecule is CNc1cccc(S(=O)(=O)N(CC(C)C)CC(C)(C)CCN)c1.CNc1cccc(S(=O)(=O)N(CC(O)[C@H](Cc2ccccc2)NC(=O)OC2COC3OCCC23)CC(C)(C)CCN(Cc2ccccc2)Cc2ccccc2)c1. The molecule has 432 valence electrons. The molecule has 5 aromatic carbocycles. The Kier molecular flexibility index (Phi) is 23.3. The summed E-state index contributed by atoms with van der Waals surface area (Å²) >= 11 is 0. The van der Waals surface area contributed by atoms with Crippen LogP contribution < -0.4 is 21.7 Å². The lowest BCUT2D eigenvalue weighted by atomic mass is 9.88. The number of anilines is 2. The molecular formula is C61H87N7O9S2. The highest BCUT2D eigenvalue weighted by atomic mass is 32.2. The van der Waals surface area contributed by atoms with Gasteiger partial charge in [0.15, 0.2) is 6.29 Å². The number of nitrogens with zero attached hydrogens (tertiary/aromatic N) is 3. The number of aliphatic hydroxyl groups excluding tert-OH is 1. The van der Waals surface area contributed by atoms with Gasteiger partial charge >= 0.3 is 6.09 Å². The summed E-state index contributed by atoms with van der Waals surface area (Å²) < 4.78 is 75.5. The van der Waals surface area contributed by atoms with E-state index in [4.69, 9.17) is 19.9 Å². The number of amides is 1. The molecule has 4 unspecified atom stereocenters. The molecule has 1 amide bonds. The number of nitrogens with one attached hydrogen (secondary N) is 3. The van der Waals surface area contributed by atoms with Gasteiger partial charge in [-0.05, 0) is 109 Å². The zero-order valence-corrected chi connectivity index (χ0v) is 49.2. The molecule has 2 heterocycles. The maximum Gasteiger partial charge on any atom is 0.407 e. The first-order valence-electron chi connectivity index (χ1n) is 27.6. The van der Waals surface area contributed by atoms with Crippen molar-refractivity contribution in [3.63, 3.8) is 0 Å². The molecule has 0 saturated carbocycles. The predicted octanol–water partition coefficient (Wildman–Crippen LogP) is 9.05. The van der Waals surface area contributed by atoms with Gasteiger partial charge in [-0.15, -0.1) is 0 Å². The molecule has 2 saturated heterocycles. The Bertz CT molecular complexity index is 2820. The lowest BCUT2D eigenvalue weighted by molar-refractivity contribution is -0.0907. The van der Waals surface area contributed by atoms with E-state index >= 15 is 0 Å². The molecule has 0 aromatic heterocycles. The van der Waals surface area contributed by atoms with Crippen LogP contribution in [-0.2, 0) is 53.8 Å². The highest BCUT2D eigenvalue weighted by Crippen LogP contribution is 2.34. The van der Waals surface area contributed by atoms with Crippen molar-refractivity contribution in [3.05, 3.63) is 156 Å². The van der Waals surface area contributed by atoms with Gasteiger partial charge in [0.25, 0.3) is 0 Å². The average molecular weight is 1130 g/mol. The van der Waals surface area contributed by atoms with E-state index < -0.39 is 49.8 Å². The van der Waals surface area contributed by atoms with Crippen molar-refractivity contribution in [2.45, 2.75) is 115 Å². The fraction of sp³-hybridized carbons (Fsp3) is 0.492. The smallest absolute Gasteiger partial charge is 0.407 e. The van der Waals surface area contributed by atoms with Crippen molar-refractivity contribution < 1.29 is 40.9 Å². The van der Waals surface area contributed by atoms with Crippen molar-refractivity contribution in [1.82, 2.24) is 18.8 Å². The lowest BCUT2D eigenvalue weighted by Gasteiger charge is -2.36. The number of hydrogen-bond acceptors (Lipinski definition) is 13. The summed E-state index contributed by atoms with van der Waals surface area (Å²) in [7, 11) is -4.12. The van der Waals surface area contributed by atoms with Crippen LogP contribution in [0.25, 0.3) is 0 Å². The number of carbonyl (C=O) groups is 1. The summed E-state index contributed by atoms with van der Waals surface area (Å²) in [5, 5.41) is 20.9. The van der Waals surface area contributed by atoms with E-state index in [0.29, 0.717) is 49.8 Å². The van der Waals surface area contributed by atoms with Crippen LogP contribution in [0.4, 0.5) is 16.2 Å². The molecule has 0 spiro atoms. The second-order valence-corrected chi connectivity index (χ2v) is 26.7. The largest absolute Gasteiger partial charge is 0.443 e. The predicted molar refractivity (Wildman–Crippen MR) is 314 cm³/mol. The Morgan fingerprint density at radius 3 is 1.68 bits per heavy atom. The average Bonchev–Trinajstić information content (AvgIpc) is 4.08. The van der Waals surface area contributed by atoms with Crippen LogP contribution in [0.3, 0.4) is 0 Å². The van der Waals surface area contributed by atoms with Crippen LogP contribution in [0.5, 0.6) is 0 Å². The topological polar surface area (TPSA) is 205 Å². The lowest BCUT2D eigenvalue weighted by Crippen LogP contribution is -2.52. The van der Waals surface area contributed by atoms with Crippen LogP contribution >= 0.6 is 0 Å².